The molecule has 2 amide bonds. The fraction of sp³-hybridized carbons (Fsp3) is 0.421. The molecule has 144 valence electrons. The molecule has 0 bridgehead atoms. The lowest BCUT2D eigenvalue weighted by molar-refractivity contribution is 0.215. The highest BCUT2D eigenvalue weighted by Crippen LogP contribution is 2.26. The summed E-state index contributed by atoms with van der Waals surface area (Å²) in [6.45, 7) is 8.81. The number of halogens is 2. The second-order valence-electron chi connectivity index (χ2n) is 6.69. The maximum atomic E-state index is 12.7. The Bertz CT molecular complexity index is 858. The van der Waals surface area contributed by atoms with E-state index in [-0.39, 0.29) is 6.03 Å². The normalized spacial score (nSPS) is 14.9. The van der Waals surface area contributed by atoms with Gasteiger partial charge in [0.1, 0.15) is 11.6 Å². The standard InChI is InChI=1S/C19H23Cl2N5O/c1-12-13(2)22-14(3)23-18(12)25-7-4-8-26(10-9-25)19(27)24-17-6-5-15(20)11-16(17)21/h5-6,11H,4,7-10H2,1-3H3,(H,24,27). The van der Waals surface area contributed by atoms with E-state index in [4.69, 9.17) is 23.2 Å². The number of hydrogen-bond donors (Lipinski definition) is 1. The first-order valence-corrected chi connectivity index (χ1v) is 9.68. The minimum absolute atomic E-state index is 0.159. The molecule has 1 aliphatic rings. The summed E-state index contributed by atoms with van der Waals surface area (Å²) in [7, 11) is 0. The second kappa shape index (κ2) is 8.31. The van der Waals surface area contributed by atoms with Gasteiger partial charge < -0.3 is 15.1 Å². The third kappa shape index (κ3) is 4.62. The Balaban J connectivity index is 1.68. The quantitative estimate of drug-likeness (QED) is 0.798. The number of anilines is 2. The molecule has 1 saturated heterocycles. The number of benzene rings is 1. The van der Waals surface area contributed by atoms with Gasteiger partial charge >= 0.3 is 6.03 Å². The minimum Gasteiger partial charge on any atom is -0.354 e. The van der Waals surface area contributed by atoms with Crippen LogP contribution in [0.4, 0.5) is 16.3 Å². The van der Waals surface area contributed by atoms with E-state index in [9.17, 15) is 4.79 Å². The van der Waals surface area contributed by atoms with Crippen molar-refractivity contribution in [2.24, 2.45) is 0 Å². The van der Waals surface area contributed by atoms with Crippen LogP contribution in [0.3, 0.4) is 0 Å². The van der Waals surface area contributed by atoms with Crippen molar-refractivity contribution in [1.82, 2.24) is 14.9 Å². The number of aryl methyl sites for hydroxylation is 2. The monoisotopic (exact) mass is 407 g/mol. The lowest BCUT2D eigenvalue weighted by Crippen LogP contribution is -2.38. The molecule has 1 aliphatic heterocycles. The largest absolute Gasteiger partial charge is 0.354 e. The van der Waals surface area contributed by atoms with E-state index in [2.05, 4.69) is 20.2 Å². The second-order valence-corrected chi connectivity index (χ2v) is 7.53. The molecule has 8 heteroatoms. The average molecular weight is 408 g/mol. The third-order valence-electron chi connectivity index (χ3n) is 4.73. The van der Waals surface area contributed by atoms with Crippen molar-refractivity contribution in [3.05, 3.63) is 45.3 Å². The van der Waals surface area contributed by atoms with Gasteiger partial charge in [0.25, 0.3) is 0 Å². The molecule has 3 rings (SSSR count). The van der Waals surface area contributed by atoms with E-state index in [1.165, 1.54) is 0 Å². The maximum absolute atomic E-state index is 12.7. The van der Waals surface area contributed by atoms with Crippen LogP contribution >= 0.6 is 23.2 Å². The maximum Gasteiger partial charge on any atom is 0.321 e. The summed E-state index contributed by atoms with van der Waals surface area (Å²) < 4.78 is 0. The average Bonchev–Trinajstić information content (AvgIpc) is 2.86. The predicted molar refractivity (Wildman–Crippen MR) is 110 cm³/mol. The van der Waals surface area contributed by atoms with Gasteiger partial charge in [-0.05, 0) is 45.4 Å². The van der Waals surface area contributed by atoms with Crippen LogP contribution in [-0.2, 0) is 0 Å². The molecule has 1 fully saturated rings. The number of hydrogen-bond acceptors (Lipinski definition) is 4. The molecule has 0 radical (unpaired) electrons. The minimum atomic E-state index is -0.159. The summed E-state index contributed by atoms with van der Waals surface area (Å²) in [6, 6.07) is 4.87. The molecule has 2 heterocycles. The van der Waals surface area contributed by atoms with E-state index in [0.717, 1.165) is 42.4 Å². The number of rotatable bonds is 2. The van der Waals surface area contributed by atoms with Crippen LogP contribution in [0.1, 0.15) is 23.5 Å². The first kappa shape index (κ1) is 19.7. The van der Waals surface area contributed by atoms with E-state index in [1.807, 2.05) is 20.8 Å². The van der Waals surface area contributed by atoms with Crippen LogP contribution in [0.15, 0.2) is 18.2 Å². The van der Waals surface area contributed by atoms with Gasteiger partial charge in [-0.3, -0.25) is 0 Å². The van der Waals surface area contributed by atoms with Crippen molar-refractivity contribution >= 4 is 40.7 Å². The Morgan fingerprint density at radius 2 is 1.85 bits per heavy atom. The molecule has 1 aromatic carbocycles. The van der Waals surface area contributed by atoms with E-state index < -0.39 is 0 Å². The Kier molecular flexibility index (Phi) is 6.07. The molecule has 0 aliphatic carbocycles. The molecule has 0 saturated carbocycles. The zero-order chi connectivity index (χ0) is 19.6. The Hall–Kier alpha value is -2.05. The molecule has 0 atom stereocenters. The van der Waals surface area contributed by atoms with Crippen molar-refractivity contribution in [2.45, 2.75) is 27.2 Å². The summed E-state index contributed by atoms with van der Waals surface area (Å²) in [5, 5.41) is 3.83. The van der Waals surface area contributed by atoms with E-state index >= 15 is 0 Å². The number of carbonyl (C=O) groups is 1. The first-order chi connectivity index (χ1) is 12.8. The summed E-state index contributed by atoms with van der Waals surface area (Å²) in [4.78, 5) is 25.7. The van der Waals surface area contributed by atoms with Gasteiger partial charge in [-0.25, -0.2) is 14.8 Å². The lowest BCUT2D eigenvalue weighted by atomic mass is 10.2. The Morgan fingerprint density at radius 1 is 1.07 bits per heavy atom. The molecule has 27 heavy (non-hydrogen) atoms. The van der Waals surface area contributed by atoms with E-state index in [1.54, 1.807) is 23.1 Å². The van der Waals surface area contributed by atoms with Crippen LogP contribution in [0.2, 0.25) is 10.0 Å². The molecular formula is C19H23Cl2N5O. The zero-order valence-electron chi connectivity index (χ0n) is 15.7. The number of nitrogens with one attached hydrogen (secondary N) is 1. The molecular weight excluding hydrogens is 385 g/mol. The molecule has 0 spiro atoms. The molecule has 1 N–H and O–H groups in total. The molecule has 1 aromatic heterocycles. The number of aromatic nitrogens is 2. The van der Waals surface area contributed by atoms with Gasteiger partial charge in [0.2, 0.25) is 0 Å². The highest BCUT2D eigenvalue weighted by molar-refractivity contribution is 6.36. The summed E-state index contributed by atoms with van der Waals surface area (Å²) in [6.07, 6.45) is 0.864. The van der Waals surface area contributed by atoms with Crippen LogP contribution in [-0.4, -0.2) is 47.1 Å². The topological polar surface area (TPSA) is 61.4 Å². The summed E-state index contributed by atoms with van der Waals surface area (Å²) >= 11 is 12.1. The van der Waals surface area contributed by atoms with Gasteiger partial charge in [0, 0.05) is 42.5 Å². The predicted octanol–water partition coefficient (Wildman–Crippen LogP) is 4.45. The van der Waals surface area contributed by atoms with Crippen LogP contribution < -0.4 is 10.2 Å². The highest BCUT2D eigenvalue weighted by atomic mass is 35.5. The third-order valence-corrected chi connectivity index (χ3v) is 5.28. The molecule has 2 aromatic rings. The van der Waals surface area contributed by atoms with Gasteiger partial charge in [-0.1, -0.05) is 23.2 Å². The summed E-state index contributed by atoms with van der Waals surface area (Å²) in [5.74, 6) is 1.73. The van der Waals surface area contributed by atoms with Crippen LogP contribution in [0.25, 0.3) is 0 Å². The smallest absolute Gasteiger partial charge is 0.321 e. The number of nitrogens with zero attached hydrogens (tertiary/aromatic N) is 4. The van der Waals surface area contributed by atoms with Crippen LogP contribution in [0.5, 0.6) is 0 Å². The van der Waals surface area contributed by atoms with Gasteiger partial charge in [0.05, 0.1) is 10.7 Å². The lowest BCUT2D eigenvalue weighted by Gasteiger charge is -2.25. The fourth-order valence-electron chi connectivity index (χ4n) is 3.18. The Labute approximate surface area is 169 Å². The zero-order valence-corrected chi connectivity index (χ0v) is 17.2. The highest BCUT2D eigenvalue weighted by Gasteiger charge is 2.22. The SMILES string of the molecule is Cc1nc(C)c(C)c(N2CCCN(C(=O)Nc3ccc(Cl)cc3Cl)CC2)n1. The van der Waals surface area contributed by atoms with E-state index in [0.29, 0.717) is 28.8 Å². The van der Waals surface area contributed by atoms with Gasteiger partial charge in [-0.15, -0.1) is 0 Å². The van der Waals surface area contributed by atoms with Crippen LogP contribution in [0, 0.1) is 20.8 Å². The van der Waals surface area contributed by atoms with Crippen molar-refractivity contribution in [1.29, 1.82) is 0 Å². The van der Waals surface area contributed by atoms with Gasteiger partial charge in [-0.2, -0.15) is 0 Å². The Morgan fingerprint density at radius 3 is 2.59 bits per heavy atom. The van der Waals surface area contributed by atoms with Crippen molar-refractivity contribution < 1.29 is 4.79 Å². The van der Waals surface area contributed by atoms with Crippen molar-refractivity contribution in [3.8, 4) is 0 Å². The fourth-order valence-corrected chi connectivity index (χ4v) is 3.63. The van der Waals surface area contributed by atoms with Crippen molar-refractivity contribution in [2.75, 3.05) is 36.4 Å². The summed E-state index contributed by atoms with van der Waals surface area (Å²) in [5.41, 5.74) is 2.64. The van der Waals surface area contributed by atoms with Gasteiger partial charge in [0.15, 0.2) is 0 Å². The number of urea groups is 1. The molecule has 6 nitrogen and oxygen atoms in total. The number of amides is 2. The molecule has 0 unspecified atom stereocenters. The van der Waals surface area contributed by atoms with Crippen molar-refractivity contribution in [3.63, 3.8) is 0 Å². The number of carbonyl (C=O) groups excluding carboxylic acids is 1. The first-order valence-electron chi connectivity index (χ1n) is 8.93.